The van der Waals surface area contributed by atoms with Crippen LogP contribution in [0.25, 0.3) is 0 Å². The Kier molecular flexibility index (Phi) is 6.04. The number of anilines is 1. The Balaban J connectivity index is 1.85. The fourth-order valence-corrected chi connectivity index (χ4v) is 6.09. The number of nitrogens with one attached hydrogen (secondary N) is 1. The summed E-state index contributed by atoms with van der Waals surface area (Å²) in [5.74, 6) is -0.130. The first-order valence-electron chi connectivity index (χ1n) is 10.4. The van der Waals surface area contributed by atoms with Gasteiger partial charge in [-0.2, -0.15) is 4.98 Å². The van der Waals surface area contributed by atoms with Crippen LogP contribution >= 0.6 is 8.30 Å². The molecular weight excluding hydrogens is 395 g/mol. The van der Waals surface area contributed by atoms with Gasteiger partial charge in [0.2, 0.25) is 5.91 Å². The molecule has 2 aliphatic heterocycles. The lowest BCUT2D eigenvalue weighted by Crippen LogP contribution is -2.40. The van der Waals surface area contributed by atoms with E-state index in [0.717, 1.165) is 0 Å². The van der Waals surface area contributed by atoms with Gasteiger partial charge in [0.05, 0.1) is 6.61 Å². The van der Waals surface area contributed by atoms with Crippen LogP contribution < -0.4 is 11.0 Å². The highest BCUT2D eigenvalue weighted by atomic mass is 31.2. The largest absolute Gasteiger partial charge is 0.368 e. The zero-order valence-electron chi connectivity index (χ0n) is 18.8. The van der Waals surface area contributed by atoms with Crippen molar-refractivity contribution in [3.8, 4) is 0 Å². The summed E-state index contributed by atoms with van der Waals surface area (Å²) >= 11 is 0. The van der Waals surface area contributed by atoms with Gasteiger partial charge < -0.3 is 19.3 Å². The number of carbonyl (C=O) groups is 1. The van der Waals surface area contributed by atoms with Crippen LogP contribution in [0.2, 0.25) is 0 Å². The molecule has 162 valence electrons. The molecule has 2 aliphatic rings. The van der Waals surface area contributed by atoms with E-state index < -0.39 is 38.0 Å². The van der Waals surface area contributed by atoms with Crippen molar-refractivity contribution in [3.05, 3.63) is 22.7 Å². The summed E-state index contributed by atoms with van der Waals surface area (Å²) in [5.41, 5.74) is -1.49. The van der Waals surface area contributed by atoms with Gasteiger partial charge in [0.25, 0.3) is 0 Å². The number of hydrogen-bond donors (Lipinski definition) is 1. The van der Waals surface area contributed by atoms with Gasteiger partial charge in [0.1, 0.15) is 31.9 Å². The van der Waals surface area contributed by atoms with Crippen LogP contribution in [0, 0.1) is 0 Å². The second kappa shape index (κ2) is 8.40. The zero-order chi connectivity index (χ0) is 22.2. The van der Waals surface area contributed by atoms with Gasteiger partial charge in [0, 0.05) is 26.6 Å². The minimum atomic E-state index is -0.956. The number of fused-ring (bicyclic) bond motifs is 2. The fraction of sp³-hybridized carbons (Fsp3) is 0.737. The van der Waals surface area contributed by atoms with E-state index in [9.17, 15) is 9.59 Å². The van der Waals surface area contributed by atoms with E-state index in [1.807, 2.05) is 0 Å². The van der Waals surface area contributed by atoms with Gasteiger partial charge in [0.15, 0.2) is 6.23 Å². The summed E-state index contributed by atoms with van der Waals surface area (Å²) in [4.78, 5) is 27.7. The Bertz CT molecular complexity index is 829. The first-order chi connectivity index (χ1) is 14.1. The van der Waals surface area contributed by atoms with Crippen molar-refractivity contribution in [2.45, 2.75) is 77.6 Å². The second-order valence-corrected chi connectivity index (χ2v) is 9.69. The Morgan fingerprint density at radius 1 is 1.48 bits per heavy atom. The summed E-state index contributed by atoms with van der Waals surface area (Å²) in [6.45, 7) is 12.1. The van der Waals surface area contributed by atoms with Gasteiger partial charge in [-0.25, -0.2) is 4.79 Å². The molecule has 2 fully saturated rings. The summed E-state index contributed by atoms with van der Waals surface area (Å²) in [6.07, 6.45) is -0.200. The fourth-order valence-electron chi connectivity index (χ4n) is 4.04. The molecule has 2 saturated heterocycles. The van der Waals surface area contributed by atoms with Crippen LogP contribution in [-0.2, 0) is 18.8 Å². The number of hydrogen-bond acceptors (Lipinski definition) is 7. The first-order valence-corrected chi connectivity index (χ1v) is 11.4. The number of aromatic nitrogens is 2. The minimum absolute atomic E-state index is 0.0383. The van der Waals surface area contributed by atoms with Crippen LogP contribution in [0.4, 0.5) is 5.82 Å². The van der Waals surface area contributed by atoms with E-state index >= 15 is 0 Å². The summed E-state index contributed by atoms with van der Waals surface area (Å²) in [5, 5.41) is 2.49. The third-order valence-electron chi connectivity index (χ3n) is 5.03. The maximum Gasteiger partial charge on any atom is 0.351 e. The molecule has 0 spiro atoms. The lowest BCUT2D eigenvalue weighted by atomic mass is 10.0. The summed E-state index contributed by atoms with van der Waals surface area (Å²) in [6, 6.07) is 2.14. The topological polar surface area (TPSA) is 94.9 Å². The van der Waals surface area contributed by atoms with Gasteiger partial charge in [-0.05, 0) is 47.3 Å². The molecule has 1 aromatic rings. The van der Waals surface area contributed by atoms with Crippen molar-refractivity contribution in [2.75, 3.05) is 18.6 Å². The second-order valence-electron chi connectivity index (χ2n) is 8.09. The van der Waals surface area contributed by atoms with E-state index in [-0.39, 0.29) is 25.2 Å². The van der Waals surface area contributed by atoms with E-state index in [2.05, 4.69) is 49.3 Å². The third kappa shape index (κ3) is 4.39. The molecule has 0 radical (unpaired) electrons. The van der Waals surface area contributed by atoms with E-state index in [4.69, 9.17) is 15.4 Å². The lowest BCUT2D eigenvalue weighted by molar-refractivity contribution is -0.167. The lowest BCUT2D eigenvalue weighted by Gasteiger charge is -2.37. The smallest absolute Gasteiger partial charge is 0.351 e. The highest BCUT2D eigenvalue weighted by molar-refractivity contribution is 7.49. The Morgan fingerprint density at radius 2 is 2.17 bits per heavy atom. The highest BCUT2D eigenvalue weighted by Gasteiger charge is 2.61. The van der Waals surface area contributed by atoms with Crippen LogP contribution in [0.3, 0.4) is 0 Å². The molecular formula is C19H31N4O5P. The first kappa shape index (κ1) is 20.9. The van der Waals surface area contributed by atoms with Crippen molar-refractivity contribution in [1.29, 1.82) is 0 Å². The van der Waals surface area contributed by atoms with Gasteiger partial charge >= 0.3 is 5.69 Å². The van der Waals surface area contributed by atoms with Gasteiger partial charge in [-0.1, -0.05) is 0 Å². The Labute approximate surface area is 174 Å². The molecule has 2 bridgehead atoms. The number of amides is 1. The maximum atomic E-state index is 12.6. The van der Waals surface area contributed by atoms with Crippen LogP contribution in [0.1, 0.15) is 49.1 Å². The average Bonchev–Trinajstić information content (AvgIpc) is 3.13. The molecule has 0 aliphatic carbocycles. The Hall–Kier alpha value is -1.38. The SMILES string of the molecule is [2H]C[C@]12CO[C@@H](C1OP(C)N(C(C)C)C(C)C)[C@H](n1ccc(NC(C)=O)nc1=O)O2. The molecule has 5 atom stereocenters. The van der Waals surface area contributed by atoms with Crippen LogP contribution in [-0.4, -0.2) is 63.3 Å². The van der Waals surface area contributed by atoms with E-state index in [1.165, 1.54) is 23.8 Å². The number of nitrogens with zero attached hydrogens (tertiary/aromatic N) is 3. The number of carbonyl (C=O) groups excluding carboxylic acids is 1. The molecule has 0 saturated carbocycles. The molecule has 3 rings (SSSR count). The summed E-state index contributed by atoms with van der Waals surface area (Å²) < 4.78 is 30.3. The minimum Gasteiger partial charge on any atom is -0.368 e. The highest BCUT2D eigenvalue weighted by Crippen LogP contribution is 2.52. The molecule has 0 aromatic carbocycles. The van der Waals surface area contributed by atoms with Crippen LogP contribution in [0.15, 0.2) is 17.1 Å². The molecule has 1 N–H and O–H groups in total. The van der Waals surface area contributed by atoms with Crippen molar-refractivity contribution in [1.82, 2.24) is 14.2 Å². The van der Waals surface area contributed by atoms with E-state index in [1.54, 1.807) is 0 Å². The Morgan fingerprint density at radius 3 is 2.72 bits per heavy atom. The van der Waals surface area contributed by atoms with Crippen molar-refractivity contribution >= 4 is 20.0 Å². The van der Waals surface area contributed by atoms with Gasteiger partial charge in [-0.3, -0.25) is 14.0 Å². The van der Waals surface area contributed by atoms with Crippen molar-refractivity contribution in [2.24, 2.45) is 0 Å². The standard InChI is InChI=1S/C19H31N4O5P/c1-11(2)23(12(3)4)29(7)28-16-15-17(27-19(16,6)10-26-15)22-9-8-14(20-13(5)24)21-18(22)25/h8-9,11-12,15-17H,10H2,1-7H3,(H,20,21,24,25)/t15-,16?,17+,19-,29?/m0/s1/i6D. The quantitative estimate of drug-likeness (QED) is 0.668. The average molecular weight is 427 g/mol. The van der Waals surface area contributed by atoms with E-state index in [0.29, 0.717) is 12.1 Å². The van der Waals surface area contributed by atoms with Crippen molar-refractivity contribution in [3.63, 3.8) is 0 Å². The third-order valence-corrected chi connectivity index (χ3v) is 7.14. The predicted octanol–water partition coefficient (Wildman–Crippen LogP) is 2.33. The summed E-state index contributed by atoms with van der Waals surface area (Å²) in [7, 11) is -0.956. The van der Waals surface area contributed by atoms with Crippen LogP contribution in [0.5, 0.6) is 0 Å². The molecule has 2 unspecified atom stereocenters. The number of rotatable bonds is 7. The molecule has 9 nitrogen and oxygen atoms in total. The van der Waals surface area contributed by atoms with Crippen molar-refractivity contribution < 1.29 is 20.2 Å². The predicted molar refractivity (Wildman–Crippen MR) is 111 cm³/mol. The molecule has 29 heavy (non-hydrogen) atoms. The van der Waals surface area contributed by atoms with Gasteiger partial charge in [-0.15, -0.1) is 0 Å². The monoisotopic (exact) mass is 427 g/mol. The molecule has 1 aromatic heterocycles. The maximum absolute atomic E-state index is 12.6. The molecule has 10 heteroatoms. The molecule has 1 amide bonds. The normalized spacial score (nSPS) is 30.2. The zero-order valence-corrected chi connectivity index (χ0v) is 18.7. The molecule has 3 heterocycles. The number of ether oxygens (including phenoxy) is 2.